The molecule has 0 heterocycles. The third kappa shape index (κ3) is 15.4. The first-order valence-corrected chi connectivity index (χ1v) is 10.3. The standard InChI is InChI=1S/C24H40O4/c1-19(2)10-6-11-20(3)12-7-13-21(4)14-8-15-22(5)16-9-17-28-24(27)23(26)18-25/h10,12,14,16,23,25-26H,6-9,11,13,15,17-18H2,1-5H3/b20-12+,21-14+,22-16+. The average molecular weight is 393 g/mol. The van der Waals surface area contributed by atoms with E-state index in [1.54, 1.807) is 0 Å². The van der Waals surface area contributed by atoms with Crippen LogP contribution in [0.2, 0.25) is 0 Å². The second-order valence-corrected chi connectivity index (χ2v) is 7.70. The van der Waals surface area contributed by atoms with Gasteiger partial charge in [-0.3, -0.25) is 0 Å². The molecule has 1 atom stereocenters. The van der Waals surface area contributed by atoms with Crippen molar-refractivity contribution in [2.24, 2.45) is 0 Å². The van der Waals surface area contributed by atoms with Crippen molar-refractivity contribution in [2.75, 3.05) is 13.2 Å². The topological polar surface area (TPSA) is 66.8 Å². The van der Waals surface area contributed by atoms with E-state index in [4.69, 9.17) is 14.9 Å². The van der Waals surface area contributed by atoms with Crippen LogP contribution >= 0.6 is 0 Å². The minimum atomic E-state index is -1.44. The molecule has 0 saturated carbocycles. The summed E-state index contributed by atoms with van der Waals surface area (Å²) in [6, 6.07) is 0. The molecular weight excluding hydrogens is 352 g/mol. The molecule has 0 spiro atoms. The van der Waals surface area contributed by atoms with Crippen LogP contribution in [0, 0.1) is 0 Å². The summed E-state index contributed by atoms with van der Waals surface area (Å²) in [4.78, 5) is 11.2. The van der Waals surface area contributed by atoms with E-state index in [-0.39, 0.29) is 6.61 Å². The summed E-state index contributed by atoms with van der Waals surface area (Å²) in [5.74, 6) is -0.770. The average Bonchev–Trinajstić information content (AvgIpc) is 2.64. The van der Waals surface area contributed by atoms with E-state index in [2.05, 4.69) is 58.9 Å². The van der Waals surface area contributed by atoms with Gasteiger partial charge in [-0.2, -0.15) is 0 Å². The normalized spacial score (nSPS) is 14.0. The van der Waals surface area contributed by atoms with E-state index in [1.807, 2.05) is 0 Å². The van der Waals surface area contributed by atoms with Gasteiger partial charge in [0.2, 0.25) is 0 Å². The summed E-state index contributed by atoms with van der Waals surface area (Å²) in [5, 5.41) is 17.8. The zero-order chi connectivity index (χ0) is 21.4. The maximum absolute atomic E-state index is 11.2. The van der Waals surface area contributed by atoms with Gasteiger partial charge in [0.15, 0.2) is 6.10 Å². The summed E-state index contributed by atoms with van der Waals surface area (Å²) < 4.78 is 4.87. The molecule has 0 saturated heterocycles. The van der Waals surface area contributed by atoms with Crippen LogP contribution < -0.4 is 0 Å². The SMILES string of the molecule is CC(C)=CCC/C(C)=C/CC/C(C)=C/CC/C(C)=C/CCOC(=O)C(O)CO. The Hall–Kier alpha value is -1.65. The third-order valence-electron chi connectivity index (χ3n) is 4.45. The van der Waals surface area contributed by atoms with E-state index in [1.165, 1.54) is 22.3 Å². The molecule has 2 N–H and O–H groups in total. The fourth-order valence-corrected chi connectivity index (χ4v) is 2.62. The van der Waals surface area contributed by atoms with Crippen molar-refractivity contribution in [2.45, 2.75) is 85.7 Å². The maximum Gasteiger partial charge on any atom is 0.337 e. The van der Waals surface area contributed by atoms with Gasteiger partial charge in [0.1, 0.15) is 0 Å². The molecule has 160 valence electrons. The number of allylic oxidation sites excluding steroid dienone is 7. The summed E-state index contributed by atoms with van der Waals surface area (Å²) in [5.41, 5.74) is 5.54. The lowest BCUT2D eigenvalue weighted by atomic mass is 10.0. The van der Waals surface area contributed by atoms with Crippen LogP contribution in [-0.2, 0) is 9.53 Å². The minimum Gasteiger partial charge on any atom is -0.463 e. The monoisotopic (exact) mass is 392 g/mol. The molecule has 1 unspecified atom stereocenters. The number of aliphatic hydroxyl groups is 2. The second-order valence-electron chi connectivity index (χ2n) is 7.70. The van der Waals surface area contributed by atoms with Crippen LogP contribution in [-0.4, -0.2) is 35.5 Å². The van der Waals surface area contributed by atoms with Crippen LogP contribution in [0.4, 0.5) is 0 Å². The highest BCUT2D eigenvalue weighted by Gasteiger charge is 2.14. The minimum absolute atomic E-state index is 0.224. The van der Waals surface area contributed by atoms with Crippen molar-refractivity contribution in [1.82, 2.24) is 0 Å². The van der Waals surface area contributed by atoms with E-state index in [9.17, 15) is 4.79 Å². The van der Waals surface area contributed by atoms with Crippen LogP contribution in [0.25, 0.3) is 0 Å². The third-order valence-corrected chi connectivity index (χ3v) is 4.45. The number of esters is 1. The van der Waals surface area contributed by atoms with Gasteiger partial charge in [0.25, 0.3) is 0 Å². The molecule has 0 aromatic heterocycles. The van der Waals surface area contributed by atoms with Gasteiger partial charge < -0.3 is 14.9 Å². The Labute approximate surface area is 171 Å². The van der Waals surface area contributed by atoms with Gasteiger partial charge >= 0.3 is 5.97 Å². The molecule has 0 fully saturated rings. The van der Waals surface area contributed by atoms with E-state index in [0.29, 0.717) is 6.42 Å². The van der Waals surface area contributed by atoms with E-state index < -0.39 is 18.7 Å². The Morgan fingerprint density at radius 2 is 1.21 bits per heavy atom. The van der Waals surface area contributed by atoms with Gasteiger partial charge in [-0.1, -0.05) is 46.6 Å². The van der Waals surface area contributed by atoms with Crippen molar-refractivity contribution >= 4 is 5.97 Å². The van der Waals surface area contributed by atoms with Crippen molar-refractivity contribution in [3.05, 3.63) is 46.6 Å². The zero-order valence-electron chi connectivity index (χ0n) is 18.5. The number of rotatable bonds is 14. The number of aliphatic hydroxyl groups excluding tert-OH is 2. The molecule has 0 bridgehead atoms. The largest absolute Gasteiger partial charge is 0.463 e. The smallest absolute Gasteiger partial charge is 0.337 e. The lowest BCUT2D eigenvalue weighted by molar-refractivity contribution is -0.155. The predicted octanol–water partition coefficient (Wildman–Crippen LogP) is 5.42. The molecular formula is C24H40O4. The van der Waals surface area contributed by atoms with E-state index >= 15 is 0 Å². The van der Waals surface area contributed by atoms with E-state index in [0.717, 1.165) is 38.5 Å². The zero-order valence-corrected chi connectivity index (χ0v) is 18.5. The lowest BCUT2D eigenvalue weighted by Gasteiger charge is -2.07. The Kier molecular flexibility index (Phi) is 15.4. The summed E-state index contributed by atoms with van der Waals surface area (Å²) in [6.07, 6.45) is 14.7. The number of carbonyl (C=O) groups is 1. The number of hydrogen-bond donors (Lipinski definition) is 2. The van der Waals surface area contributed by atoms with Crippen LogP contribution in [0.5, 0.6) is 0 Å². The Morgan fingerprint density at radius 3 is 1.64 bits per heavy atom. The second kappa shape index (κ2) is 16.3. The van der Waals surface area contributed by atoms with Gasteiger partial charge in [-0.05, 0) is 79.6 Å². The molecule has 0 aromatic carbocycles. The first-order chi connectivity index (χ1) is 13.3. The quantitative estimate of drug-likeness (QED) is 0.235. The van der Waals surface area contributed by atoms with Gasteiger partial charge in [0, 0.05) is 0 Å². The lowest BCUT2D eigenvalue weighted by Crippen LogP contribution is -2.26. The Morgan fingerprint density at radius 1 is 0.786 bits per heavy atom. The predicted molar refractivity (Wildman–Crippen MR) is 117 cm³/mol. The maximum atomic E-state index is 11.2. The van der Waals surface area contributed by atoms with Crippen molar-refractivity contribution in [3.8, 4) is 0 Å². The van der Waals surface area contributed by atoms with Crippen LogP contribution in [0.3, 0.4) is 0 Å². The highest BCUT2D eigenvalue weighted by atomic mass is 16.5. The van der Waals surface area contributed by atoms with Crippen molar-refractivity contribution in [1.29, 1.82) is 0 Å². The summed E-state index contributed by atoms with van der Waals surface area (Å²) in [7, 11) is 0. The highest BCUT2D eigenvalue weighted by Crippen LogP contribution is 2.13. The molecule has 0 aliphatic carbocycles. The molecule has 0 aliphatic heterocycles. The van der Waals surface area contributed by atoms with Crippen molar-refractivity contribution < 1.29 is 19.7 Å². The Bertz CT molecular complexity index is 563. The van der Waals surface area contributed by atoms with Crippen LogP contribution in [0.1, 0.15) is 79.6 Å². The van der Waals surface area contributed by atoms with Crippen LogP contribution in [0.15, 0.2) is 46.6 Å². The summed E-state index contributed by atoms with van der Waals surface area (Å²) >= 11 is 0. The molecule has 0 aliphatic rings. The fourth-order valence-electron chi connectivity index (χ4n) is 2.62. The molecule has 0 radical (unpaired) electrons. The summed E-state index contributed by atoms with van der Waals surface area (Å²) in [6.45, 7) is 10.4. The molecule has 0 aromatic rings. The molecule has 0 amide bonds. The number of carbonyl (C=O) groups excluding carboxylic acids is 1. The molecule has 4 heteroatoms. The highest BCUT2D eigenvalue weighted by molar-refractivity contribution is 5.74. The fraction of sp³-hybridized carbons (Fsp3) is 0.625. The van der Waals surface area contributed by atoms with Gasteiger partial charge in [0.05, 0.1) is 13.2 Å². The molecule has 0 rings (SSSR count). The molecule has 4 nitrogen and oxygen atoms in total. The van der Waals surface area contributed by atoms with Gasteiger partial charge in [-0.15, -0.1) is 0 Å². The Balaban J connectivity index is 4.00. The number of hydrogen-bond acceptors (Lipinski definition) is 4. The van der Waals surface area contributed by atoms with Crippen molar-refractivity contribution in [3.63, 3.8) is 0 Å². The molecule has 28 heavy (non-hydrogen) atoms. The first kappa shape index (κ1) is 26.4. The number of ether oxygens (including phenoxy) is 1. The van der Waals surface area contributed by atoms with Gasteiger partial charge in [-0.25, -0.2) is 4.79 Å². The first-order valence-electron chi connectivity index (χ1n) is 10.3.